The molecule has 2 unspecified atom stereocenters. The molecule has 0 saturated carbocycles. The monoisotopic (exact) mass is 170 g/mol. The lowest BCUT2D eigenvalue weighted by atomic mass is 10.2. The third-order valence-electron chi connectivity index (χ3n) is 1.93. The Morgan fingerprint density at radius 3 is 3.60 bits per heavy atom. The molecule has 10 heavy (non-hydrogen) atoms. The van der Waals surface area contributed by atoms with E-state index in [1.54, 1.807) is 0 Å². The number of ether oxygens (including phenoxy) is 1. The van der Waals surface area contributed by atoms with E-state index >= 15 is 0 Å². The Morgan fingerprint density at radius 2 is 2.60 bits per heavy atom. The van der Waals surface area contributed by atoms with Crippen LogP contribution in [0.15, 0.2) is 15.7 Å². The molecule has 1 aromatic rings. The van der Waals surface area contributed by atoms with Crippen molar-refractivity contribution in [3.63, 3.8) is 0 Å². The lowest BCUT2D eigenvalue weighted by molar-refractivity contribution is 0.385. The Morgan fingerprint density at radius 1 is 1.60 bits per heavy atom. The molecule has 0 spiro atoms. The van der Waals surface area contributed by atoms with Crippen LogP contribution in [0.5, 0.6) is 0 Å². The molecule has 2 atom stereocenters. The summed E-state index contributed by atoms with van der Waals surface area (Å²) >= 11 is 3.78. The molecule has 1 fully saturated rings. The van der Waals surface area contributed by atoms with Crippen LogP contribution in [0.2, 0.25) is 0 Å². The molecule has 3 rings (SSSR count). The Kier molecular flexibility index (Phi) is 1.00. The molecular formula is C7H6OS2. The zero-order chi connectivity index (χ0) is 6.55. The van der Waals surface area contributed by atoms with Gasteiger partial charge in [-0.2, -0.15) is 0 Å². The zero-order valence-corrected chi connectivity index (χ0v) is 6.87. The topological polar surface area (TPSA) is 12.5 Å². The summed E-state index contributed by atoms with van der Waals surface area (Å²) in [4.78, 5) is 0. The summed E-state index contributed by atoms with van der Waals surface area (Å²) in [5.74, 6) is 1.16. The van der Waals surface area contributed by atoms with Crippen molar-refractivity contribution in [1.29, 1.82) is 0 Å². The predicted molar refractivity (Wildman–Crippen MR) is 42.7 cm³/mol. The SMILES string of the molecule is c1cc2c(s1)SCC1OC21. The fourth-order valence-corrected chi connectivity index (χ4v) is 3.56. The molecule has 0 aliphatic carbocycles. The van der Waals surface area contributed by atoms with E-state index in [-0.39, 0.29) is 0 Å². The standard InChI is InChI=1S/C7H6OS2/c1-2-9-7-4(1)6-5(8-6)3-10-7/h1-2,5-6H,3H2. The van der Waals surface area contributed by atoms with Crippen LogP contribution < -0.4 is 0 Å². The highest BCUT2D eigenvalue weighted by atomic mass is 32.2. The number of epoxide rings is 1. The second kappa shape index (κ2) is 1.78. The maximum atomic E-state index is 5.45. The molecular weight excluding hydrogens is 164 g/mol. The van der Waals surface area contributed by atoms with Crippen LogP contribution in [0.1, 0.15) is 11.7 Å². The molecule has 0 amide bonds. The highest BCUT2D eigenvalue weighted by Gasteiger charge is 2.44. The Bertz CT molecular complexity index is 268. The van der Waals surface area contributed by atoms with Gasteiger partial charge >= 0.3 is 0 Å². The minimum atomic E-state index is 0.475. The molecule has 0 aromatic carbocycles. The van der Waals surface area contributed by atoms with Gasteiger partial charge in [0.05, 0.1) is 10.3 Å². The van der Waals surface area contributed by atoms with Crippen LogP contribution in [0, 0.1) is 0 Å². The number of hydrogen-bond donors (Lipinski definition) is 0. The van der Waals surface area contributed by atoms with Crippen molar-refractivity contribution in [2.75, 3.05) is 5.75 Å². The van der Waals surface area contributed by atoms with Gasteiger partial charge in [-0.15, -0.1) is 23.1 Å². The summed E-state index contributed by atoms with van der Waals surface area (Å²) in [6.45, 7) is 0. The van der Waals surface area contributed by atoms with Gasteiger partial charge in [0, 0.05) is 11.3 Å². The summed E-state index contributed by atoms with van der Waals surface area (Å²) < 4.78 is 6.92. The van der Waals surface area contributed by atoms with Gasteiger partial charge < -0.3 is 4.74 Å². The van der Waals surface area contributed by atoms with Crippen molar-refractivity contribution in [2.24, 2.45) is 0 Å². The van der Waals surface area contributed by atoms with E-state index in [0.717, 1.165) is 5.75 Å². The summed E-state index contributed by atoms with van der Waals surface area (Å²) in [5, 5.41) is 2.15. The van der Waals surface area contributed by atoms with Crippen molar-refractivity contribution in [2.45, 2.75) is 16.4 Å². The average Bonchev–Trinajstić information content (AvgIpc) is 2.60. The average molecular weight is 170 g/mol. The summed E-state index contributed by atoms with van der Waals surface area (Å²) in [7, 11) is 0. The van der Waals surface area contributed by atoms with Gasteiger partial charge in [0.1, 0.15) is 6.10 Å². The molecule has 2 aliphatic heterocycles. The normalized spacial score (nSPS) is 34.8. The minimum Gasteiger partial charge on any atom is -0.364 e. The van der Waals surface area contributed by atoms with Crippen LogP contribution in [-0.4, -0.2) is 11.9 Å². The van der Waals surface area contributed by atoms with Gasteiger partial charge in [0.15, 0.2) is 0 Å². The first-order chi connectivity index (χ1) is 4.95. The van der Waals surface area contributed by atoms with Crippen LogP contribution in [0.3, 0.4) is 0 Å². The van der Waals surface area contributed by atoms with E-state index in [1.807, 2.05) is 23.1 Å². The summed E-state index contributed by atoms with van der Waals surface area (Å²) in [6.07, 6.45) is 1.02. The molecule has 0 radical (unpaired) electrons. The van der Waals surface area contributed by atoms with Gasteiger partial charge in [0.2, 0.25) is 0 Å². The number of fused-ring (bicyclic) bond motifs is 3. The van der Waals surface area contributed by atoms with Crippen LogP contribution >= 0.6 is 23.1 Å². The largest absolute Gasteiger partial charge is 0.364 e. The van der Waals surface area contributed by atoms with Gasteiger partial charge in [-0.1, -0.05) is 0 Å². The first-order valence-corrected chi connectivity index (χ1v) is 5.17. The fraction of sp³-hybridized carbons (Fsp3) is 0.429. The molecule has 1 aromatic heterocycles. The molecule has 52 valence electrons. The fourth-order valence-electron chi connectivity index (χ4n) is 1.33. The smallest absolute Gasteiger partial charge is 0.112 e. The maximum absolute atomic E-state index is 5.45. The molecule has 0 bridgehead atoms. The van der Waals surface area contributed by atoms with E-state index in [4.69, 9.17) is 4.74 Å². The number of thioether (sulfide) groups is 1. The highest BCUT2D eigenvalue weighted by molar-refractivity contribution is 8.01. The molecule has 1 nitrogen and oxygen atoms in total. The second-order valence-electron chi connectivity index (χ2n) is 2.57. The van der Waals surface area contributed by atoms with Crippen molar-refractivity contribution in [3.8, 4) is 0 Å². The van der Waals surface area contributed by atoms with Crippen molar-refractivity contribution in [3.05, 3.63) is 17.0 Å². The van der Waals surface area contributed by atoms with E-state index in [2.05, 4.69) is 11.4 Å². The molecule has 3 heterocycles. The predicted octanol–water partition coefficient (Wildman–Crippen LogP) is 2.29. The quantitative estimate of drug-likeness (QED) is 0.554. The van der Waals surface area contributed by atoms with Crippen molar-refractivity contribution >= 4 is 23.1 Å². The number of hydrogen-bond acceptors (Lipinski definition) is 3. The van der Waals surface area contributed by atoms with Gasteiger partial charge in [0.25, 0.3) is 0 Å². The van der Waals surface area contributed by atoms with E-state index < -0.39 is 0 Å². The van der Waals surface area contributed by atoms with Gasteiger partial charge in [-0.3, -0.25) is 0 Å². The third kappa shape index (κ3) is 0.629. The molecule has 3 heteroatoms. The third-order valence-corrected chi connectivity index (χ3v) is 4.28. The molecule has 0 N–H and O–H groups in total. The van der Waals surface area contributed by atoms with Crippen LogP contribution in [-0.2, 0) is 4.74 Å². The lowest BCUT2D eigenvalue weighted by Crippen LogP contribution is -1.97. The van der Waals surface area contributed by atoms with Crippen LogP contribution in [0.4, 0.5) is 0 Å². The molecule has 2 aliphatic rings. The second-order valence-corrected chi connectivity index (χ2v) is 4.77. The van der Waals surface area contributed by atoms with Crippen molar-refractivity contribution in [1.82, 2.24) is 0 Å². The van der Waals surface area contributed by atoms with Crippen LogP contribution in [0.25, 0.3) is 0 Å². The number of thiophene rings is 1. The minimum absolute atomic E-state index is 0.475. The summed E-state index contributed by atoms with van der Waals surface area (Å²) in [6, 6.07) is 2.19. The Balaban J connectivity index is 2.15. The number of rotatable bonds is 0. The molecule has 1 saturated heterocycles. The summed E-state index contributed by atoms with van der Waals surface area (Å²) in [5.41, 5.74) is 1.44. The van der Waals surface area contributed by atoms with E-state index in [0.29, 0.717) is 12.2 Å². The Hall–Kier alpha value is 0.01000. The lowest BCUT2D eigenvalue weighted by Gasteiger charge is -2.03. The zero-order valence-electron chi connectivity index (χ0n) is 5.24. The maximum Gasteiger partial charge on any atom is 0.112 e. The van der Waals surface area contributed by atoms with Gasteiger partial charge in [-0.05, 0) is 11.4 Å². The first kappa shape index (κ1) is 5.63. The van der Waals surface area contributed by atoms with Gasteiger partial charge in [-0.25, -0.2) is 0 Å². The van der Waals surface area contributed by atoms with E-state index in [1.165, 1.54) is 9.77 Å². The van der Waals surface area contributed by atoms with E-state index in [9.17, 15) is 0 Å². The Labute approximate surface area is 67.4 Å². The first-order valence-electron chi connectivity index (χ1n) is 3.31. The van der Waals surface area contributed by atoms with Crippen molar-refractivity contribution < 1.29 is 4.74 Å². The highest BCUT2D eigenvalue weighted by Crippen LogP contribution is 2.51.